The predicted molar refractivity (Wildman–Crippen MR) is 88.4 cm³/mol. The highest BCUT2D eigenvalue weighted by molar-refractivity contribution is 9.10. The number of hydrogen-bond donors (Lipinski definition) is 2. The number of anilines is 1. The molecule has 4 heteroatoms. The number of amides is 1. The number of halogens is 1. The molecular formula is C17H17BrN2O. The Kier molecular flexibility index (Phi) is 4.36. The summed E-state index contributed by atoms with van der Waals surface area (Å²) in [5, 5.41) is 6.22. The van der Waals surface area contributed by atoms with Gasteiger partial charge in [0.05, 0.1) is 12.2 Å². The van der Waals surface area contributed by atoms with E-state index in [1.807, 2.05) is 30.3 Å². The number of rotatable bonds is 5. The van der Waals surface area contributed by atoms with Crippen LogP contribution < -0.4 is 10.6 Å². The second-order valence-electron chi connectivity index (χ2n) is 5.27. The molecule has 0 aromatic heterocycles. The molecule has 3 rings (SSSR count). The van der Waals surface area contributed by atoms with E-state index >= 15 is 0 Å². The molecule has 2 aromatic rings. The van der Waals surface area contributed by atoms with Crippen molar-refractivity contribution in [1.82, 2.24) is 5.32 Å². The van der Waals surface area contributed by atoms with Gasteiger partial charge in [-0.25, -0.2) is 0 Å². The van der Waals surface area contributed by atoms with E-state index in [1.165, 1.54) is 5.56 Å². The van der Waals surface area contributed by atoms with E-state index in [9.17, 15) is 4.79 Å². The van der Waals surface area contributed by atoms with Gasteiger partial charge in [0.2, 0.25) is 5.91 Å². The summed E-state index contributed by atoms with van der Waals surface area (Å²) in [7, 11) is 0. The summed E-state index contributed by atoms with van der Waals surface area (Å²) in [6.45, 7) is 0.343. The third kappa shape index (κ3) is 3.71. The first-order valence-corrected chi connectivity index (χ1v) is 7.86. The van der Waals surface area contributed by atoms with Crippen molar-refractivity contribution in [2.24, 2.45) is 0 Å². The zero-order valence-electron chi connectivity index (χ0n) is 11.6. The van der Waals surface area contributed by atoms with E-state index in [1.54, 1.807) is 0 Å². The van der Waals surface area contributed by atoms with E-state index < -0.39 is 0 Å². The molecule has 1 fully saturated rings. The van der Waals surface area contributed by atoms with Crippen LogP contribution in [0.3, 0.4) is 0 Å². The summed E-state index contributed by atoms with van der Waals surface area (Å²) < 4.78 is 0.895. The molecule has 108 valence electrons. The van der Waals surface area contributed by atoms with Crippen molar-refractivity contribution in [3.63, 3.8) is 0 Å². The first-order chi connectivity index (χ1) is 10.2. The molecule has 2 aromatic carbocycles. The topological polar surface area (TPSA) is 41.1 Å². The summed E-state index contributed by atoms with van der Waals surface area (Å²) in [5.41, 5.74) is 2.15. The van der Waals surface area contributed by atoms with Crippen molar-refractivity contribution in [2.45, 2.75) is 18.4 Å². The highest BCUT2D eigenvalue weighted by Gasteiger charge is 2.37. The Bertz CT molecular complexity index is 630. The molecule has 21 heavy (non-hydrogen) atoms. The van der Waals surface area contributed by atoms with Crippen molar-refractivity contribution < 1.29 is 4.79 Å². The number of carbonyl (C=O) groups is 1. The average Bonchev–Trinajstić information content (AvgIpc) is 3.28. The van der Waals surface area contributed by atoms with Gasteiger partial charge in [-0.2, -0.15) is 0 Å². The second-order valence-corrected chi connectivity index (χ2v) is 6.12. The zero-order valence-corrected chi connectivity index (χ0v) is 13.1. The van der Waals surface area contributed by atoms with Crippen LogP contribution in [0.25, 0.3) is 0 Å². The van der Waals surface area contributed by atoms with Crippen molar-refractivity contribution in [1.29, 1.82) is 0 Å². The Morgan fingerprint density at radius 1 is 1.10 bits per heavy atom. The minimum Gasteiger partial charge on any atom is -0.324 e. The Balaban J connectivity index is 1.47. The number of para-hydroxylation sites is 1. The van der Waals surface area contributed by atoms with Crippen molar-refractivity contribution in [3.8, 4) is 0 Å². The molecule has 0 aliphatic heterocycles. The van der Waals surface area contributed by atoms with E-state index in [0.717, 1.165) is 16.6 Å². The van der Waals surface area contributed by atoms with Crippen LogP contribution in [0.5, 0.6) is 0 Å². The maximum Gasteiger partial charge on any atom is 0.238 e. The molecule has 1 amide bonds. The quantitative estimate of drug-likeness (QED) is 0.870. The van der Waals surface area contributed by atoms with E-state index in [2.05, 4.69) is 50.8 Å². The van der Waals surface area contributed by atoms with Gasteiger partial charge in [-0.15, -0.1) is 0 Å². The van der Waals surface area contributed by atoms with Crippen LogP contribution in [0.15, 0.2) is 59.1 Å². The van der Waals surface area contributed by atoms with Gasteiger partial charge in [-0.3, -0.25) is 4.79 Å². The minimum atomic E-state index is -0.0133. The molecule has 1 aliphatic carbocycles. The van der Waals surface area contributed by atoms with Crippen LogP contribution in [0.2, 0.25) is 0 Å². The monoisotopic (exact) mass is 344 g/mol. The van der Waals surface area contributed by atoms with Gasteiger partial charge in [0.15, 0.2) is 0 Å². The van der Waals surface area contributed by atoms with Crippen LogP contribution in [-0.2, 0) is 4.79 Å². The number of benzene rings is 2. The Morgan fingerprint density at radius 2 is 1.81 bits per heavy atom. The first kappa shape index (κ1) is 14.3. The summed E-state index contributed by atoms with van der Waals surface area (Å²) in [5.74, 6) is 0.531. The van der Waals surface area contributed by atoms with Crippen LogP contribution in [0, 0.1) is 0 Å². The van der Waals surface area contributed by atoms with Crippen molar-refractivity contribution in [3.05, 3.63) is 64.6 Å². The normalized spacial score (nSPS) is 20.0. The van der Waals surface area contributed by atoms with Crippen LogP contribution in [-0.4, -0.2) is 18.5 Å². The van der Waals surface area contributed by atoms with E-state index in [-0.39, 0.29) is 5.91 Å². The van der Waals surface area contributed by atoms with Gasteiger partial charge >= 0.3 is 0 Å². The lowest BCUT2D eigenvalue weighted by atomic mass is 10.1. The fraction of sp³-hybridized carbons (Fsp3) is 0.235. The second kappa shape index (κ2) is 6.41. The summed E-state index contributed by atoms with van der Waals surface area (Å²) in [4.78, 5) is 11.9. The van der Waals surface area contributed by atoms with Gasteiger partial charge in [0.25, 0.3) is 0 Å². The predicted octanol–water partition coefficient (Wildman–Crippen LogP) is 3.53. The highest BCUT2D eigenvalue weighted by atomic mass is 79.9. The van der Waals surface area contributed by atoms with E-state index in [0.29, 0.717) is 18.5 Å². The molecule has 1 saturated carbocycles. The molecule has 2 unspecified atom stereocenters. The van der Waals surface area contributed by atoms with Crippen LogP contribution >= 0.6 is 15.9 Å². The Labute approximate surface area is 132 Å². The third-order valence-electron chi connectivity index (χ3n) is 3.69. The largest absolute Gasteiger partial charge is 0.324 e. The number of carbonyl (C=O) groups excluding carboxylic acids is 1. The molecule has 2 atom stereocenters. The molecule has 2 N–H and O–H groups in total. The SMILES string of the molecule is O=C(CNC1CC1c1ccccc1)Nc1ccccc1Br. The lowest BCUT2D eigenvalue weighted by molar-refractivity contribution is -0.115. The van der Waals surface area contributed by atoms with Crippen molar-refractivity contribution >= 4 is 27.5 Å². The van der Waals surface area contributed by atoms with Gasteiger partial charge in [-0.05, 0) is 40.0 Å². The smallest absolute Gasteiger partial charge is 0.238 e. The van der Waals surface area contributed by atoms with Crippen molar-refractivity contribution in [2.75, 3.05) is 11.9 Å². The third-order valence-corrected chi connectivity index (χ3v) is 4.38. The van der Waals surface area contributed by atoms with Gasteiger partial charge in [0.1, 0.15) is 0 Å². The molecule has 0 heterocycles. The molecule has 0 spiro atoms. The summed E-state index contributed by atoms with van der Waals surface area (Å²) in [6.07, 6.45) is 1.10. The summed E-state index contributed by atoms with van der Waals surface area (Å²) >= 11 is 3.42. The molecule has 0 bridgehead atoms. The van der Waals surface area contributed by atoms with Crippen LogP contribution in [0.4, 0.5) is 5.69 Å². The fourth-order valence-corrected chi connectivity index (χ4v) is 2.85. The maximum absolute atomic E-state index is 11.9. The molecule has 0 saturated heterocycles. The maximum atomic E-state index is 11.9. The Morgan fingerprint density at radius 3 is 2.57 bits per heavy atom. The summed E-state index contributed by atoms with van der Waals surface area (Å²) in [6, 6.07) is 18.5. The van der Waals surface area contributed by atoms with Gasteiger partial charge < -0.3 is 10.6 Å². The van der Waals surface area contributed by atoms with Gasteiger partial charge in [-0.1, -0.05) is 42.5 Å². The van der Waals surface area contributed by atoms with Gasteiger partial charge in [0, 0.05) is 16.4 Å². The standard InChI is InChI=1S/C17H17BrN2O/c18-14-8-4-5-9-15(14)20-17(21)11-19-16-10-13(16)12-6-2-1-3-7-12/h1-9,13,16,19H,10-11H2,(H,20,21). The fourth-order valence-electron chi connectivity index (χ4n) is 2.47. The average molecular weight is 345 g/mol. The minimum absolute atomic E-state index is 0.0133. The lowest BCUT2D eigenvalue weighted by Crippen LogP contribution is -2.30. The number of nitrogens with one attached hydrogen (secondary N) is 2. The molecule has 3 nitrogen and oxygen atoms in total. The lowest BCUT2D eigenvalue weighted by Gasteiger charge is -2.08. The zero-order chi connectivity index (χ0) is 14.7. The molecular weight excluding hydrogens is 328 g/mol. The Hall–Kier alpha value is -1.65. The number of hydrogen-bond acceptors (Lipinski definition) is 2. The molecule has 0 radical (unpaired) electrons. The van der Waals surface area contributed by atoms with Crippen LogP contribution in [0.1, 0.15) is 17.9 Å². The first-order valence-electron chi connectivity index (χ1n) is 7.07. The molecule has 1 aliphatic rings. The van der Waals surface area contributed by atoms with E-state index in [4.69, 9.17) is 0 Å². The highest BCUT2D eigenvalue weighted by Crippen LogP contribution is 2.40.